The molecule has 0 rings (SSSR count). The molecule has 0 radical (unpaired) electrons. The van der Waals surface area contributed by atoms with E-state index in [0.717, 1.165) is 38.5 Å². The Bertz CT molecular complexity index is 870. The second-order valence-electron chi connectivity index (χ2n) is 17.8. The highest BCUT2D eigenvalue weighted by Gasteiger charge is 2.24. The van der Waals surface area contributed by atoms with Gasteiger partial charge in [-0.15, -0.1) is 0 Å². The second kappa shape index (κ2) is 39.0. The highest BCUT2D eigenvalue weighted by molar-refractivity contribution is 7.45. The molecule has 0 aliphatic rings. The molecule has 1 amide bonds. The summed E-state index contributed by atoms with van der Waals surface area (Å²) in [7, 11) is 1.32. The summed E-state index contributed by atoms with van der Waals surface area (Å²) in [4.78, 5) is 25.3. The van der Waals surface area contributed by atoms with Crippen LogP contribution >= 0.6 is 7.82 Å². The van der Waals surface area contributed by atoms with Crippen molar-refractivity contribution in [2.24, 2.45) is 0 Å². The molecule has 330 valence electrons. The fourth-order valence-corrected chi connectivity index (χ4v) is 8.00. The number of quaternary nitrogens is 1. The van der Waals surface area contributed by atoms with E-state index in [1.54, 1.807) is 0 Å². The highest BCUT2D eigenvalue weighted by Crippen LogP contribution is 2.38. The maximum atomic E-state index is 12.9. The summed E-state index contributed by atoms with van der Waals surface area (Å²) < 4.78 is 23.2. The van der Waals surface area contributed by atoms with Gasteiger partial charge in [0.2, 0.25) is 5.91 Å². The molecular formula is C46H95N2O6P. The Balaban J connectivity index is 4.11. The lowest BCUT2D eigenvalue weighted by atomic mass is 10.0. The molecule has 0 aliphatic heterocycles. The molecule has 0 fully saturated rings. The number of amides is 1. The van der Waals surface area contributed by atoms with Crippen molar-refractivity contribution in [3.05, 3.63) is 0 Å². The quantitative estimate of drug-likeness (QED) is 0.0361. The number of carbonyl (C=O) groups is 1. The molecule has 0 spiro atoms. The normalized spacial score (nSPS) is 14.2. The molecule has 3 atom stereocenters. The first-order valence-electron chi connectivity index (χ1n) is 23.9. The molecule has 0 bridgehead atoms. The Morgan fingerprint density at radius 1 is 0.564 bits per heavy atom. The molecule has 0 heterocycles. The monoisotopic (exact) mass is 803 g/mol. The van der Waals surface area contributed by atoms with E-state index in [0.29, 0.717) is 23.9 Å². The first kappa shape index (κ1) is 54.5. The number of aliphatic hydroxyl groups excluding tert-OH is 1. The van der Waals surface area contributed by atoms with E-state index in [4.69, 9.17) is 9.05 Å². The van der Waals surface area contributed by atoms with Gasteiger partial charge in [-0.3, -0.25) is 9.36 Å². The third kappa shape index (κ3) is 41.5. The maximum absolute atomic E-state index is 12.9. The Labute approximate surface area is 342 Å². The average Bonchev–Trinajstić information content (AvgIpc) is 3.13. The summed E-state index contributed by atoms with van der Waals surface area (Å²) in [6.45, 7) is 4.73. The molecule has 55 heavy (non-hydrogen) atoms. The van der Waals surface area contributed by atoms with Gasteiger partial charge in [0.05, 0.1) is 39.9 Å². The van der Waals surface area contributed by atoms with Crippen LogP contribution in [0.25, 0.3) is 0 Å². The van der Waals surface area contributed by atoms with E-state index in [9.17, 15) is 19.4 Å². The summed E-state index contributed by atoms with van der Waals surface area (Å²) >= 11 is 0. The van der Waals surface area contributed by atoms with E-state index < -0.39 is 20.0 Å². The maximum Gasteiger partial charge on any atom is 0.268 e. The van der Waals surface area contributed by atoms with Gasteiger partial charge in [0.1, 0.15) is 13.2 Å². The van der Waals surface area contributed by atoms with Crippen molar-refractivity contribution in [3.8, 4) is 0 Å². The lowest BCUT2D eigenvalue weighted by Crippen LogP contribution is -2.46. The number of nitrogens with zero attached hydrogens (tertiary/aromatic N) is 1. The summed E-state index contributed by atoms with van der Waals surface area (Å²) in [5.41, 5.74) is 0. The number of phosphoric ester groups is 1. The molecule has 0 aromatic carbocycles. The van der Waals surface area contributed by atoms with Crippen molar-refractivity contribution < 1.29 is 32.9 Å². The van der Waals surface area contributed by atoms with Gasteiger partial charge in [0, 0.05) is 6.42 Å². The predicted molar refractivity (Wildman–Crippen MR) is 233 cm³/mol. The molecule has 0 aliphatic carbocycles. The van der Waals surface area contributed by atoms with Gasteiger partial charge in [-0.1, -0.05) is 219 Å². The Morgan fingerprint density at radius 2 is 0.891 bits per heavy atom. The van der Waals surface area contributed by atoms with E-state index in [1.807, 2.05) is 21.1 Å². The van der Waals surface area contributed by atoms with Crippen molar-refractivity contribution in [1.82, 2.24) is 5.32 Å². The van der Waals surface area contributed by atoms with Gasteiger partial charge in [0.25, 0.3) is 7.82 Å². The zero-order valence-corrected chi connectivity index (χ0v) is 38.3. The minimum atomic E-state index is -4.55. The first-order chi connectivity index (χ1) is 26.5. The molecule has 0 aromatic heterocycles. The van der Waals surface area contributed by atoms with Gasteiger partial charge < -0.3 is 28.8 Å². The number of hydrogen-bond acceptors (Lipinski definition) is 6. The Kier molecular flexibility index (Phi) is 38.6. The van der Waals surface area contributed by atoms with Gasteiger partial charge in [-0.25, -0.2) is 0 Å². The van der Waals surface area contributed by atoms with Gasteiger partial charge in [-0.2, -0.15) is 0 Å². The molecule has 0 aromatic rings. The third-order valence-corrected chi connectivity index (χ3v) is 12.1. The summed E-state index contributed by atoms with van der Waals surface area (Å²) in [6.07, 6.45) is 42.6. The number of likely N-dealkylation sites (N-methyl/N-ethyl adjacent to an activating group) is 1. The van der Waals surface area contributed by atoms with Crippen LogP contribution in [-0.2, 0) is 18.4 Å². The van der Waals surface area contributed by atoms with Crippen LogP contribution in [0, 0.1) is 0 Å². The van der Waals surface area contributed by atoms with Crippen LogP contribution in [0.15, 0.2) is 0 Å². The molecule has 0 saturated heterocycles. The van der Waals surface area contributed by atoms with Crippen molar-refractivity contribution >= 4 is 13.7 Å². The van der Waals surface area contributed by atoms with E-state index in [1.165, 1.54) is 173 Å². The van der Waals surface area contributed by atoms with Crippen molar-refractivity contribution in [2.75, 3.05) is 40.9 Å². The topological polar surface area (TPSA) is 108 Å². The minimum Gasteiger partial charge on any atom is -0.756 e. The number of hydrogen-bond donors (Lipinski definition) is 2. The summed E-state index contributed by atoms with van der Waals surface area (Å²) in [6, 6.07) is -0.792. The average molecular weight is 803 g/mol. The fourth-order valence-electron chi connectivity index (χ4n) is 7.28. The number of carbonyl (C=O) groups excluding carboxylic acids is 1. The molecular weight excluding hydrogens is 707 g/mol. The van der Waals surface area contributed by atoms with Crippen molar-refractivity contribution in [1.29, 1.82) is 0 Å². The summed E-state index contributed by atoms with van der Waals surface area (Å²) in [5.74, 6) is -0.161. The van der Waals surface area contributed by atoms with Gasteiger partial charge in [0.15, 0.2) is 0 Å². The predicted octanol–water partition coefficient (Wildman–Crippen LogP) is 12.7. The standard InChI is InChI=1S/C46H95N2O6P/c1-6-8-10-12-14-16-18-19-20-21-22-23-24-25-26-27-28-29-30-32-34-36-38-40-46(50)47-44(43-54-55(51,52)53-42-41-48(3,4)5)45(49)39-37-35-33-31-17-15-13-11-9-7-2/h44-45,49H,6-43H2,1-5H3,(H-,47,50,51,52)/t44-,45+/m0/s1. The molecule has 9 heteroatoms. The number of nitrogens with one attached hydrogen (secondary N) is 1. The van der Waals surface area contributed by atoms with Crippen LogP contribution in [0.2, 0.25) is 0 Å². The SMILES string of the molecule is CCCCCCCCCCCCCCCCCCCCCCCCCC(=O)N[C@@H](COP(=O)([O-])OCC[N+](C)(C)C)[C@H](O)CCCCCCCCCCCC. The number of phosphoric acid groups is 1. The molecule has 8 nitrogen and oxygen atoms in total. The third-order valence-electron chi connectivity index (χ3n) is 11.1. The number of unbranched alkanes of at least 4 members (excludes halogenated alkanes) is 31. The number of rotatable bonds is 44. The minimum absolute atomic E-state index is 0.0159. The van der Waals surface area contributed by atoms with Crippen molar-refractivity contribution in [2.45, 2.75) is 251 Å². The van der Waals surface area contributed by atoms with Crippen LogP contribution < -0.4 is 10.2 Å². The fraction of sp³-hybridized carbons (Fsp3) is 0.978. The lowest BCUT2D eigenvalue weighted by molar-refractivity contribution is -0.870. The van der Waals surface area contributed by atoms with Gasteiger partial charge >= 0.3 is 0 Å². The van der Waals surface area contributed by atoms with Crippen LogP contribution in [0.4, 0.5) is 0 Å². The molecule has 1 unspecified atom stereocenters. The van der Waals surface area contributed by atoms with Crippen LogP contribution in [0.1, 0.15) is 239 Å². The van der Waals surface area contributed by atoms with Crippen LogP contribution in [0.3, 0.4) is 0 Å². The Morgan fingerprint density at radius 3 is 1.24 bits per heavy atom. The first-order valence-corrected chi connectivity index (χ1v) is 25.3. The zero-order chi connectivity index (χ0) is 40.7. The second-order valence-corrected chi connectivity index (χ2v) is 19.2. The molecule has 2 N–H and O–H groups in total. The molecule has 0 saturated carbocycles. The van der Waals surface area contributed by atoms with Crippen LogP contribution in [0.5, 0.6) is 0 Å². The zero-order valence-electron chi connectivity index (χ0n) is 37.4. The van der Waals surface area contributed by atoms with Gasteiger partial charge in [-0.05, 0) is 12.8 Å². The smallest absolute Gasteiger partial charge is 0.268 e. The van der Waals surface area contributed by atoms with Crippen molar-refractivity contribution in [3.63, 3.8) is 0 Å². The van der Waals surface area contributed by atoms with E-state index in [-0.39, 0.29) is 19.1 Å². The lowest BCUT2D eigenvalue weighted by Gasteiger charge is -2.30. The largest absolute Gasteiger partial charge is 0.756 e. The Hall–Kier alpha value is -0.500. The van der Waals surface area contributed by atoms with E-state index >= 15 is 0 Å². The number of aliphatic hydroxyl groups is 1. The highest BCUT2D eigenvalue weighted by atomic mass is 31.2. The van der Waals surface area contributed by atoms with E-state index in [2.05, 4.69) is 19.2 Å². The van der Waals surface area contributed by atoms with Crippen LogP contribution in [-0.4, -0.2) is 68.5 Å². The summed E-state index contributed by atoms with van der Waals surface area (Å²) in [5, 5.41) is 13.9.